The molecule has 0 saturated heterocycles. The molecule has 1 aliphatic rings. The molecule has 0 aromatic carbocycles. The van der Waals surface area contributed by atoms with Crippen LogP contribution in [0.1, 0.15) is 32.1 Å². The van der Waals surface area contributed by atoms with Crippen LogP contribution in [0.3, 0.4) is 0 Å². The second-order valence-corrected chi connectivity index (χ2v) is 4.49. The number of nitrogens with one attached hydrogen (secondary N) is 1. The largest absolute Gasteiger partial charge is 0.480 e. The molecule has 0 radical (unpaired) electrons. The molecule has 1 fully saturated rings. The van der Waals surface area contributed by atoms with E-state index in [0.29, 0.717) is 0 Å². The molecular formula is C11H21NO4. The summed E-state index contributed by atoms with van der Waals surface area (Å²) in [5.41, 5.74) is -0.431. The lowest BCUT2D eigenvalue weighted by Gasteiger charge is -2.38. The highest BCUT2D eigenvalue weighted by atomic mass is 16.5. The van der Waals surface area contributed by atoms with Gasteiger partial charge in [0.2, 0.25) is 0 Å². The lowest BCUT2D eigenvalue weighted by atomic mass is 9.81. The lowest BCUT2D eigenvalue weighted by Crippen LogP contribution is -2.57. The van der Waals surface area contributed by atoms with Gasteiger partial charge in [0, 0.05) is 12.6 Å². The smallest absolute Gasteiger partial charge is 0.323 e. The molecule has 0 aliphatic heterocycles. The molecule has 0 bridgehead atoms. The maximum Gasteiger partial charge on any atom is 0.323 e. The van der Waals surface area contributed by atoms with E-state index in [-0.39, 0.29) is 13.2 Å². The minimum Gasteiger partial charge on any atom is -0.480 e. The number of aliphatic carboxylic acids is 1. The summed E-state index contributed by atoms with van der Waals surface area (Å²) >= 11 is 0. The quantitative estimate of drug-likeness (QED) is 0.615. The number of rotatable bonds is 6. The predicted octanol–water partition coefficient (Wildman–Crippen LogP) is 0.371. The zero-order chi connectivity index (χ0) is 12.0. The monoisotopic (exact) mass is 231 g/mol. The Morgan fingerprint density at radius 3 is 2.50 bits per heavy atom. The van der Waals surface area contributed by atoms with Crippen molar-refractivity contribution in [3.8, 4) is 0 Å². The van der Waals surface area contributed by atoms with Crippen LogP contribution < -0.4 is 5.32 Å². The SMILES string of the molecule is COCC(NC1(CO)CCCCC1)C(=O)O. The van der Waals surface area contributed by atoms with E-state index < -0.39 is 17.6 Å². The Balaban J connectivity index is 2.61. The predicted molar refractivity (Wildman–Crippen MR) is 59.3 cm³/mol. The second-order valence-electron chi connectivity index (χ2n) is 4.49. The van der Waals surface area contributed by atoms with Crippen molar-refractivity contribution in [1.29, 1.82) is 0 Å². The minimum atomic E-state index is -0.930. The third kappa shape index (κ3) is 3.43. The van der Waals surface area contributed by atoms with E-state index in [1.54, 1.807) is 0 Å². The van der Waals surface area contributed by atoms with E-state index >= 15 is 0 Å². The standard InChI is InChI=1S/C11H21NO4/c1-16-7-9(10(14)15)12-11(8-13)5-3-2-4-6-11/h9,12-13H,2-8H2,1H3,(H,14,15). The van der Waals surface area contributed by atoms with Gasteiger partial charge in [-0.2, -0.15) is 0 Å². The number of hydrogen-bond donors (Lipinski definition) is 3. The number of ether oxygens (including phenoxy) is 1. The molecule has 0 heterocycles. The van der Waals surface area contributed by atoms with Crippen molar-refractivity contribution in [2.75, 3.05) is 20.3 Å². The van der Waals surface area contributed by atoms with Gasteiger partial charge in [0.05, 0.1) is 13.2 Å². The van der Waals surface area contributed by atoms with Crippen molar-refractivity contribution >= 4 is 5.97 Å². The first-order valence-corrected chi connectivity index (χ1v) is 5.74. The van der Waals surface area contributed by atoms with Gasteiger partial charge in [0.1, 0.15) is 6.04 Å². The van der Waals surface area contributed by atoms with Gasteiger partial charge < -0.3 is 14.9 Å². The van der Waals surface area contributed by atoms with E-state index in [0.717, 1.165) is 32.1 Å². The van der Waals surface area contributed by atoms with Gasteiger partial charge >= 0.3 is 5.97 Å². The summed E-state index contributed by atoms with van der Waals surface area (Å²) in [5, 5.41) is 21.5. The molecule has 94 valence electrons. The Kier molecular flexibility index (Phi) is 5.18. The summed E-state index contributed by atoms with van der Waals surface area (Å²) < 4.78 is 4.87. The highest BCUT2D eigenvalue weighted by Crippen LogP contribution is 2.28. The molecule has 0 aromatic heterocycles. The summed E-state index contributed by atoms with van der Waals surface area (Å²) in [6.45, 7) is 0.109. The molecular weight excluding hydrogens is 210 g/mol. The topological polar surface area (TPSA) is 78.8 Å². The van der Waals surface area contributed by atoms with E-state index in [1.165, 1.54) is 7.11 Å². The lowest BCUT2D eigenvalue weighted by molar-refractivity contribution is -0.142. The van der Waals surface area contributed by atoms with Crippen LogP contribution in [0.5, 0.6) is 0 Å². The Morgan fingerprint density at radius 1 is 1.44 bits per heavy atom. The fraction of sp³-hybridized carbons (Fsp3) is 0.909. The first kappa shape index (κ1) is 13.4. The molecule has 5 nitrogen and oxygen atoms in total. The molecule has 1 saturated carbocycles. The van der Waals surface area contributed by atoms with Crippen LogP contribution in [0.4, 0.5) is 0 Å². The van der Waals surface area contributed by atoms with Gasteiger partial charge in [-0.3, -0.25) is 10.1 Å². The average Bonchev–Trinajstić information content (AvgIpc) is 2.29. The third-order valence-electron chi connectivity index (χ3n) is 3.23. The summed E-state index contributed by atoms with van der Waals surface area (Å²) in [4.78, 5) is 11.0. The summed E-state index contributed by atoms with van der Waals surface area (Å²) in [6.07, 6.45) is 4.89. The fourth-order valence-electron chi connectivity index (χ4n) is 2.29. The van der Waals surface area contributed by atoms with Crippen molar-refractivity contribution in [2.24, 2.45) is 0 Å². The van der Waals surface area contributed by atoms with Crippen LogP contribution in [-0.2, 0) is 9.53 Å². The normalized spacial score (nSPS) is 21.6. The van der Waals surface area contributed by atoms with Gasteiger partial charge in [-0.25, -0.2) is 0 Å². The molecule has 0 aromatic rings. The molecule has 16 heavy (non-hydrogen) atoms. The molecule has 1 atom stereocenters. The van der Waals surface area contributed by atoms with Gasteiger partial charge in [-0.1, -0.05) is 19.3 Å². The van der Waals surface area contributed by atoms with E-state index in [9.17, 15) is 9.90 Å². The number of carboxylic acids is 1. The first-order chi connectivity index (χ1) is 7.63. The van der Waals surface area contributed by atoms with Gasteiger partial charge in [-0.05, 0) is 12.8 Å². The number of aliphatic hydroxyl groups excluding tert-OH is 1. The molecule has 0 spiro atoms. The average molecular weight is 231 g/mol. The van der Waals surface area contributed by atoms with Crippen molar-refractivity contribution in [3.63, 3.8) is 0 Å². The van der Waals surface area contributed by atoms with E-state index in [2.05, 4.69) is 5.32 Å². The van der Waals surface area contributed by atoms with Crippen molar-refractivity contribution in [1.82, 2.24) is 5.32 Å². The van der Waals surface area contributed by atoms with Crippen LogP contribution in [0.25, 0.3) is 0 Å². The van der Waals surface area contributed by atoms with Gasteiger partial charge in [0.25, 0.3) is 0 Å². The summed E-state index contributed by atoms with van der Waals surface area (Å²) in [5.74, 6) is -0.930. The Labute approximate surface area is 95.8 Å². The van der Waals surface area contributed by atoms with Crippen LogP contribution in [0.2, 0.25) is 0 Å². The number of aliphatic hydroxyl groups is 1. The first-order valence-electron chi connectivity index (χ1n) is 5.74. The van der Waals surface area contributed by atoms with E-state index in [1.807, 2.05) is 0 Å². The zero-order valence-corrected chi connectivity index (χ0v) is 9.74. The number of methoxy groups -OCH3 is 1. The maximum absolute atomic E-state index is 11.0. The Morgan fingerprint density at radius 2 is 2.06 bits per heavy atom. The molecule has 3 N–H and O–H groups in total. The number of carbonyl (C=O) groups is 1. The highest BCUT2D eigenvalue weighted by molar-refractivity contribution is 5.73. The fourth-order valence-corrected chi connectivity index (χ4v) is 2.29. The molecule has 1 rings (SSSR count). The third-order valence-corrected chi connectivity index (χ3v) is 3.23. The minimum absolute atomic E-state index is 0.0134. The van der Waals surface area contributed by atoms with E-state index in [4.69, 9.17) is 9.84 Å². The van der Waals surface area contributed by atoms with Gasteiger partial charge in [-0.15, -0.1) is 0 Å². The summed E-state index contributed by atoms with van der Waals surface area (Å²) in [7, 11) is 1.48. The molecule has 5 heteroatoms. The molecule has 1 unspecified atom stereocenters. The Bertz CT molecular complexity index is 226. The molecule has 0 amide bonds. The second kappa shape index (κ2) is 6.18. The summed E-state index contributed by atoms with van der Waals surface area (Å²) in [6, 6.07) is -0.741. The number of carboxylic acid groups (broad SMARTS) is 1. The van der Waals surface area contributed by atoms with Crippen LogP contribution in [-0.4, -0.2) is 48.1 Å². The van der Waals surface area contributed by atoms with Crippen molar-refractivity contribution in [2.45, 2.75) is 43.7 Å². The zero-order valence-electron chi connectivity index (χ0n) is 9.74. The van der Waals surface area contributed by atoms with Gasteiger partial charge in [0.15, 0.2) is 0 Å². The maximum atomic E-state index is 11.0. The van der Waals surface area contributed by atoms with Crippen LogP contribution in [0, 0.1) is 0 Å². The van der Waals surface area contributed by atoms with Crippen molar-refractivity contribution in [3.05, 3.63) is 0 Å². The van der Waals surface area contributed by atoms with Crippen LogP contribution in [0.15, 0.2) is 0 Å². The Hall–Kier alpha value is -0.650. The molecule has 1 aliphatic carbocycles. The highest BCUT2D eigenvalue weighted by Gasteiger charge is 2.35. The number of hydrogen-bond acceptors (Lipinski definition) is 4. The van der Waals surface area contributed by atoms with Crippen LogP contribution >= 0.6 is 0 Å². The van der Waals surface area contributed by atoms with Crippen molar-refractivity contribution < 1.29 is 19.7 Å².